The fraction of sp³-hybridized carbons (Fsp3) is 0.0526. The zero-order valence-electron chi connectivity index (χ0n) is 12.6. The van der Waals surface area contributed by atoms with Crippen molar-refractivity contribution >= 4 is 27.8 Å². The summed E-state index contributed by atoms with van der Waals surface area (Å²) in [7, 11) is 1.88. The van der Waals surface area contributed by atoms with Crippen LogP contribution in [0.1, 0.15) is 10.4 Å². The predicted molar refractivity (Wildman–Crippen MR) is 89.6 cm³/mol. The highest BCUT2D eigenvalue weighted by Crippen LogP contribution is 2.27. The summed E-state index contributed by atoms with van der Waals surface area (Å²) in [4.78, 5) is 17.4. The van der Waals surface area contributed by atoms with Crippen molar-refractivity contribution in [2.75, 3.05) is 0 Å². The molecule has 0 amide bonds. The van der Waals surface area contributed by atoms with Crippen molar-refractivity contribution in [1.82, 2.24) is 9.55 Å². The summed E-state index contributed by atoms with van der Waals surface area (Å²) in [6.45, 7) is 0. The van der Waals surface area contributed by atoms with Crippen LogP contribution in [-0.4, -0.2) is 15.5 Å². The number of aromatic nitrogens is 2. The average Bonchev–Trinajstić information content (AvgIpc) is 2.97. The van der Waals surface area contributed by atoms with Gasteiger partial charge in [-0.3, -0.25) is 0 Å². The molecule has 0 unspecified atom stereocenters. The molecular weight excluding hydrogens is 288 g/mol. The third-order valence-corrected chi connectivity index (χ3v) is 3.81. The fourth-order valence-electron chi connectivity index (χ4n) is 2.76. The highest BCUT2D eigenvalue weighted by molar-refractivity contribution is 6.14. The Morgan fingerprint density at radius 2 is 1.57 bits per heavy atom. The number of fused-ring (bicyclic) bond motifs is 2. The first-order valence-corrected chi connectivity index (χ1v) is 7.34. The van der Waals surface area contributed by atoms with Gasteiger partial charge in [-0.05, 0) is 18.2 Å². The van der Waals surface area contributed by atoms with Gasteiger partial charge in [-0.15, -0.1) is 0 Å². The summed E-state index contributed by atoms with van der Waals surface area (Å²) >= 11 is 0. The van der Waals surface area contributed by atoms with E-state index in [9.17, 15) is 4.79 Å². The van der Waals surface area contributed by atoms with Gasteiger partial charge >= 0.3 is 5.97 Å². The third-order valence-electron chi connectivity index (χ3n) is 3.81. The van der Waals surface area contributed by atoms with Crippen LogP contribution in [-0.2, 0) is 7.05 Å². The van der Waals surface area contributed by atoms with E-state index in [4.69, 9.17) is 4.74 Å². The molecule has 0 saturated carbocycles. The second-order valence-corrected chi connectivity index (χ2v) is 5.42. The number of ether oxygens (including phenoxy) is 1. The number of hydrogen-bond donors (Lipinski definition) is 0. The summed E-state index contributed by atoms with van der Waals surface area (Å²) in [5.74, 6) is 0.161. The van der Waals surface area contributed by atoms with Gasteiger partial charge < -0.3 is 9.30 Å². The first-order chi connectivity index (χ1) is 11.2. The lowest BCUT2D eigenvalue weighted by atomic mass is 10.0. The van der Waals surface area contributed by atoms with Gasteiger partial charge in [-0.25, -0.2) is 9.78 Å². The van der Waals surface area contributed by atoms with E-state index in [-0.39, 0.29) is 5.97 Å². The minimum Gasteiger partial charge on any atom is -0.421 e. The van der Waals surface area contributed by atoms with Crippen molar-refractivity contribution in [3.8, 4) is 5.75 Å². The van der Waals surface area contributed by atoms with Crippen molar-refractivity contribution in [2.24, 2.45) is 7.05 Å². The van der Waals surface area contributed by atoms with Gasteiger partial charge in [-0.1, -0.05) is 36.4 Å². The van der Waals surface area contributed by atoms with E-state index in [0.29, 0.717) is 11.3 Å². The maximum Gasteiger partial charge on any atom is 0.344 e. The number of hydrogen-bond acceptors (Lipinski definition) is 3. The van der Waals surface area contributed by atoms with E-state index in [2.05, 4.69) is 4.98 Å². The van der Waals surface area contributed by atoms with Crippen LogP contribution in [0.15, 0.2) is 67.0 Å². The molecule has 4 nitrogen and oxygen atoms in total. The molecule has 0 aliphatic rings. The predicted octanol–water partition coefficient (Wildman–Crippen LogP) is 3.95. The highest BCUT2D eigenvalue weighted by atomic mass is 16.5. The van der Waals surface area contributed by atoms with Gasteiger partial charge in [0.05, 0.1) is 16.6 Å². The molecule has 0 bridgehead atoms. The van der Waals surface area contributed by atoms with Gasteiger partial charge in [0.15, 0.2) is 0 Å². The molecular formula is C19H14N2O2. The van der Waals surface area contributed by atoms with Gasteiger partial charge in [-0.2, -0.15) is 0 Å². The van der Waals surface area contributed by atoms with Crippen LogP contribution < -0.4 is 4.74 Å². The Morgan fingerprint density at radius 3 is 2.13 bits per heavy atom. The first kappa shape index (κ1) is 13.5. The number of pyridine rings is 1. The summed E-state index contributed by atoms with van der Waals surface area (Å²) in [5, 5.41) is 1.60. The maximum atomic E-state index is 12.8. The van der Waals surface area contributed by atoms with E-state index < -0.39 is 0 Å². The van der Waals surface area contributed by atoms with Crippen molar-refractivity contribution in [3.63, 3.8) is 0 Å². The number of para-hydroxylation sites is 2. The molecule has 4 aromatic rings. The van der Waals surface area contributed by atoms with Crippen LogP contribution >= 0.6 is 0 Å². The number of carbonyl (C=O) groups is 1. The molecule has 0 aliphatic carbocycles. The zero-order valence-corrected chi connectivity index (χ0v) is 12.6. The number of esters is 1. The minimum atomic E-state index is -0.369. The van der Waals surface area contributed by atoms with E-state index in [0.717, 1.165) is 21.8 Å². The molecule has 2 aromatic heterocycles. The molecule has 0 fully saturated rings. The van der Waals surface area contributed by atoms with Crippen LogP contribution in [0, 0.1) is 0 Å². The zero-order chi connectivity index (χ0) is 15.8. The Hall–Kier alpha value is -3.14. The molecule has 0 saturated heterocycles. The average molecular weight is 302 g/mol. The SMILES string of the molecule is Cn1ccc(OC(=O)c2c3ccccc3nc3ccccc23)c1. The number of aryl methyl sites for hydroxylation is 1. The molecule has 4 heteroatoms. The molecule has 2 heterocycles. The van der Waals surface area contributed by atoms with Crippen LogP contribution in [0.4, 0.5) is 0 Å². The number of rotatable bonds is 2. The van der Waals surface area contributed by atoms with Crippen LogP contribution in [0.25, 0.3) is 21.8 Å². The lowest BCUT2D eigenvalue weighted by molar-refractivity contribution is 0.0739. The van der Waals surface area contributed by atoms with Crippen LogP contribution in [0.2, 0.25) is 0 Å². The quantitative estimate of drug-likeness (QED) is 0.416. The summed E-state index contributed by atoms with van der Waals surface area (Å²) < 4.78 is 7.39. The Bertz CT molecular complexity index is 980. The summed E-state index contributed by atoms with van der Waals surface area (Å²) in [5.41, 5.74) is 2.12. The van der Waals surface area contributed by atoms with Gasteiger partial charge in [0.2, 0.25) is 0 Å². The number of benzene rings is 2. The number of nitrogens with zero attached hydrogens (tertiary/aromatic N) is 2. The van der Waals surface area contributed by atoms with Crippen molar-refractivity contribution in [3.05, 3.63) is 72.6 Å². The summed E-state index contributed by atoms with van der Waals surface area (Å²) in [6.07, 6.45) is 3.61. The highest BCUT2D eigenvalue weighted by Gasteiger charge is 2.18. The monoisotopic (exact) mass is 302 g/mol. The first-order valence-electron chi connectivity index (χ1n) is 7.34. The second kappa shape index (κ2) is 5.25. The van der Waals surface area contributed by atoms with E-state index >= 15 is 0 Å². The molecule has 2 aromatic carbocycles. The van der Waals surface area contributed by atoms with E-state index in [1.54, 1.807) is 12.3 Å². The van der Waals surface area contributed by atoms with Gasteiger partial charge in [0.1, 0.15) is 5.75 Å². The maximum absolute atomic E-state index is 12.8. The van der Waals surface area contributed by atoms with Crippen LogP contribution in [0.3, 0.4) is 0 Å². The van der Waals surface area contributed by atoms with Gasteiger partial charge in [0.25, 0.3) is 0 Å². The third kappa shape index (κ3) is 2.34. The second-order valence-electron chi connectivity index (χ2n) is 5.42. The lowest BCUT2D eigenvalue weighted by Crippen LogP contribution is -2.10. The van der Waals surface area contributed by atoms with Crippen molar-refractivity contribution in [2.45, 2.75) is 0 Å². The Labute approximate surface area is 132 Å². The van der Waals surface area contributed by atoms with Crippen LogP contribution in [0.5, 0.6) is 5.75 Å². The normalized spacial score (nSPS) is 11.0. The minimum absolute atomic E-state index is 0.369. The molecule has 0 radical (unpaired) electrons. The molecule has 112 valence electrons. The number of carbonyl (C=O) groups excluding carboxylic acids is 1. The van der Waals surface area contributed by atoms with Crippen molar-refractivity contribution < 1.29 is 9.53 Å². The Balaban J connectivity index is 1.93. The fourth-order valence-corrected chi connectivity index (χ4v) is 2.76. The Kier molecular flexibility index (Phi) is 3.08. The lowest BCUT2D eigenvalue weighted by Gasteiger charge is -2.09. The van der Waals surface area contributed by atoms with E-state index in [1.807, 2.05) is 66.3 Å². The molecule has 0 aliphatic heterocycles. The van der Waals surface area contributed by atoms with Gasteiger partial charge in [0, 0.05) is 30.2 Å². The topological polar surface area (TPSA) is 44.1 Å². The summed E-state index contributed by atoms with van der Waals surface area (Å²) in [6, 6.07) is 17.0. The molecule has 0 N–H and O–H groups in total. The van der Waals surface area contributed by atoms with Crippen molar-refractivity contribution in [1.29, 1.82) is 0 Å². The molecule has 0 atom stereocenters. The standard InChI is InChI=1S/C19H14N2O2/c1-21-11-10-13(12-21)23-19(22)18-14-6-2-4-8-16(14)20-17-9-5-3-7-15(17)18/h2-12H,1H3. The molecule has 23 heavy (non-hydrogen) atoms. The smallest absolute Gasteiger partial charge is 0.344 e. The Morgan fingerprint density at radius 1 is 0.957 bits per heavy atom. The van der Waals surface area contributed by atoms with E-state index in [1.165, 1.54) is 0 Å². The largest absolute Gasteiger partial charge is 0.421 e. The molecule has 4 rings (SSSR count). The molecule has 0 spiro atoms.